The van der Waals surface area contributed by atoms with Gasteiger partial charge in [-0.05, 0) is 43.2 Å². The van der Waals surface area contributed by atoms with E-state index in [4.69, 9.17) is 14.2 Å². The second-order valence-electron chi connectivity index (χ2n) is 6.49. The number of nitrogens with one attached hydrogen (secondary N) is 1. The number of rotatable bonds is 4. The van der Waals surface area contributed by atoms with Gasteiger partial charge in [-0.3, -0.25) is 4.79 Å². The molecule has 2 aromatic carbocycles. The van der Waals surface area contributed by atoms with Crippen LogP contribution in [-0.4, -0.2) is 35.8 Å². The number of amides is 1. The summed E-state index contributed by atoms with van der Waals surface area (Å²) in [6.07, 6.45) is 0. The van der Waals surface area contributed by atoms with E-state index in [1.165, 1.54) is 0 Å². The van der Waals surface area contributed by atoms with Gasteiger partial charge in [0.25, 0.3) is 0 Å². The first-order valence-electron chi connectivity index (χ1n) is 8.80. The molecule has 1 aliphatic rings. The van der Waals surface area contributed by atoms with Gasteiger partial charge in [0.2, 0.25) is 5.88 Å². The molecule has 28 heavy (non-hydrogen) atoms. The normalized spacial score (nSPS) is 13.2. The van der Waals surface area contributed by atoms with Gasteiger partial charge in [-0.25, -0.2) is 0 Å². The maximum Gasteiger partial charge on any atom is 0.302 e. The number of aryl methyl sites for hydroxylation is 2. The van der Waals surface area contributed by atoms with Crippen LogP contribution in [0.25, 0.3) is 10.9 Å². The molecule has 1 amide bonds. The summed E-state index contributed by atoms with van der Waals surface area (Å²) in [7, 11) is 0. The molecule has 0 aliphatic carbocycles. The third-order valence-electron chi connectivity index (χ3n) is 4.52. The zero-order valence-corrected chi connectivity index (χ0v) is 15.5. The maximum atomic E-state index is 12.0. The van der Waals surface area contributed by atoms with Gasteiger partial charge in [0, 0.05) is 11.5 Å². The minimum absolute atomic E-state index is 0.159. The fourth-order valence-electron chi connectivity index (χ4n) is 2.89. The number of carbonyl (C=O) groups is 1. The maximum absolute atomic E-state index is 12.0. The lowest BCUT2D eigenvalue weighted by atomic mass is 10.1. The summed E-state index contributed by atoms with van der Waals surface area (Å²) in [6, 6.07) is 8.99. The molecule has 3 aromatic rings. The number of benzene rings is 2. The van der Waals surface area contributed by atoms with Gasteiger partial charge in [0.1, 0.15) is 19.0 Å². The Labute approximate surface area is 160 Å². The van der Waals surface area contributed by atoms with Gasteiger partial charge < -0.3 is 24.3 Å². The SMILES string of the molecule is Cc1ccc(OCC(=O)N=Nc2c(O)[nH]c3cc4c(cc23)OCCO4)cc1C. The summed E-state index contributed by atoms with van der Waals surface area (Å²) in [5.74, 6) is 0.971. The zero-order valence-electron chi connectivity index (χ0n) is 15.5. The van der Waals surface area contributed by atoms with Crippen molar-refractivity contribution in [3.05, 3.63) is 41.5 Å². The fraction of sp³-hybridized carbons (Fsp3) is 0.250. The van der Waals surface area contributed by atoms with Crippen LogP contribution in [0.2, 0.25) is 0 Å². The molecule has 0 fully saturated rings. The number of hydrogen-bond donors (Lipinski definition) is 2. The van der Waals surface area contributed by atoms with E-state index in [2.05, 4.69) is 15.2 Å². The molecule has 8 nitrogen and oxygen atoms in total. The first-order valence-corrected chi connectivity index (χ1v) is 8.80. The molecule has 8 heteroatoms. The minimum atomic E-state index is -0.565. The van der Waals surface area contributed by atoms with Crippen molar-refractivity contribution in [1.29, 1.82) is 0 Å². The first kappa shape index (κ1) is 17.8. The number of fused-ring (bicyclic) bond motifs is 2. The summed E-state index contributed by atoms with van der Waals surface area (Å²) in [5, 5.41) is 18.3. The van der Waals surface area contributed by atoms with Gasteiger partial charge in [-0.2, -0.15) is 0 Å². The predicted octanol–water partition coefficient (Wildman–Crippen LogP) is 3.95. The van der Waals surface area contributed by atoms with Crippen LogP contribution in [0.1, 0.15) is 11.1 Å². The van der Waals surface area contributed by atoms with E-state index in [9.17, 15) is 9.90 Å². The molecule has 0 saturated heterocycles. The van der Waals surface area contributed by atoms with Crippen molar-refractivity contribution in [3.63, 3.8) is 0 Å². The van der Waals surface area contributed by atoms with Crippen LogP contribution >= 0.6 is 0 Å². The van der Waals surface area contributed by atoms with E-state index in [1.807, 2.05) is 26.0 Å². The quantitative estimate of drug-likeness (QED) is 0.666. The summed E-state index contributed by atoms with van der Waals surface area (Å²) < 4.78 is 16.5. The smallest absolute Gasteiger partial charge is 0.302 e. The third-order valence-corrected chi connectivity index (χ3v) is 4.52. The molecule has 2 N–H and O–H groups in total. The van der Waals surface area contributed by atoms with Crippen LogP contribution in [0, 0.1) is 13.8 Å². The Hall–Kier alpha value is -3.55. The Morgan fingerprint density at radius 1 is 1.14 bits per heavy atom. The number of H-pyrrole nitrogens is 1. The molecule has 144 valence electrons. The molecule has 1 aromatic heterocycles. The van der Waals surface area contributed by atoms with Crippen LogP contribution in [0.4, 0.5) is 5.69 Å². The molecule has 0 radical (unpaired) electrons. The average molecular weight is 381 g/mol. The Morgan fingerprint density at radius 2 is 1.89 bits per heavy atom. The highest BCUT2D eigenvalue weighted by molar-refractivity contribution is 5.96. The van der Waals surface area contributed by atoms with Gasteiger partial charge in [-0.15, -0.1) is 10.2 Å². The van der Waals surface area contributed by atoms with Crippen LogP contribution in [0.5, 0.6) is 23.1 Å². The largest absolute Gasteiger partial charge is 0.493 e. The molecular weight excluding hydrogens is 362 g/mol. The Bertz CT molecular complexity index is 1090. The minimum Gasteiger partial charge on any atom is -0.493 e. The summed E-state index contributed by atoms with van der Waals surface area (Å²) in [6.45, 7) is 4.63. The van der Waals surface area contributed by atoms with E-state index < -0.39 is 5.91 Å². The highest BCUT2D eigenvalue weighted by Crippen LogP contribution is 2.42. The zero-order chi connectivity index (χ0) is 19.7. The van der Waals surface area contributed by atoms with Gasteiger partial charge in [-0.1, -0.05) is 6.07 Å². The number of aromatic nitrogens is 1. The Morgan fingerprint density at radius 3 is 2.64 bits per heavy atom. The van der Waals surface area contributed by atoms with Gasteiger partial charge in [0.15, 0.2) is 23.8 Å². The summed E-state index contributed by atoms with van der Waals surface area (Å²) >= 11 is 0. The van der Waals surface area contributed by atoms with E-state index in [0.29, 0.717) is 41.4 Å². The first-order chi connectivity index (χ1) is 13.5. The van der Waals surface area contributed by atoms with Crippen LogP contribution in [-0.2, 0) is 4.79 Å². The van der Waals surface area contributed by atoms with Crippen molar-refractivity contribution < 1.29 is 24.1 Å². The number of azo groups is 1. The number of nitrogens with zero attached hydrogens (tertiary/aromatic N) is 2. The van der Waals surface area contributed by atoms with Gasteiger partial charge >= 0.3 is 5.91 Å². The lowest BCUT2D eigenvalue weighted by molar-refractivity contribution is -0.120. The number of ether oxygens (including phenoxy) is 3. The number of aromatic hydroxyl groups is 1. The highest BCUT2D eigenvalue weighted by Gasteiger charge is 2.18. The van der Waals surface area contributed by atoms with Crippen LogP contribution < -0.4 is 14.2 Å². The van der Waals surface area contributed by atoms with Gasteiger partial charge in [0.05, 0.1) is 5.52 Å². The second-order valence-corrected chi connectivity index (χ2v) is 6.49. The molecule has 0 unspecified atom stereocenters. The molecule has 0 spiro atoms. The predicted molar refractivity (Wildman–Crippen MR) is 102 cm³/mol. The van der Waals surface area contributed by atoms with Crippen molar-refractivity contribution in [2.75, 3.05) is 19.8 Å². The van der Waals surface area contributed by atoms with E-state index in [1.54, 1.807) is 18.2 Å². The average Bonchev–Trinajstić information content (AvgIpc) is 2.99. The summed E-state index contributed by atoms with van der Waals surface area (Å²) in [5.41, 5.74) is 2.98. The van der Waals surface area contributed by atoms with Crippen molar-refractivity contribution in [3.8, 4) is 23.1 Å². The Balaban J connectivity index is 1.50. The topological polar surface area (TPSA) is 106 Å². The molecule has 0 bridgehead atoms. The fourth-order valence-corrected chi connectivity index (χ4v) is 2.89. The van der Waals surface area contributed by atoms with Crippen molar-refractivity contribution in [2.45, 2.75) is 13.8 Å². The lowest BCUT2D eigenvalue weighted by Gasteiger charge is -2.17. The monoisotopic (exact) mass is 381 g/mol. The van der Waals surface area contributed by atoms with E-state index in [-0.39, 0.29) is 18.2 Å². The molecule has 1 aliphatic heterocycles. The highest BCUT2D eigenvalue weighted by atomic mass is 16.6. The van der Waals surface area contributed by atoms with Crippen molar-refractivity contribution in [1.82, 2.24) is 4.98 Å². The van der Waals surface area contributed by atoms with Crippen LogP contribution in [0.15, 0.2) is 40.6 Å². The third kappa shape index (κ3) is 3.48. The molecule has 0 atom stereocenters. The Kier molecular flexibility index (Phi) is 4.60. The molecular formula is C20H19N3O5. The standard InChI is InChI=1S/C20H19N3O5/c1-11-3-4-13(7-12(11)2)28-10-18(24)22-23-19-14-8-16-17(27-6-5-26-16)9-15(14)21-20(19)25/h3-4,7-9,21,25H,5-6,10H2,1-2H3. The second kappa shape index (κ2) is 7.22. The van der Waals surface area contributed by atoms with E-state index in [0.717, 1.165) is 11.1 Å². The van der Waals surface area contributed by atoms with Crippen molar-refractivity contribution >= 4 is 22.5 Å². The molecule has 0 saturated carbocycles. The molecule has 2 heterocycles. The lowest BCUT2D eigenvalue weighted by Crippen LogP contribution is -2.15. The van der Waals surface area contributed by atoms with Crippen molar-refractivity contribution in [2.24, 2.45) is 10.2 Å². The van der Waals surface area contributed by atoms with Crippen LogP contribution in [0.3, 0.4) is 0 Å². The number of hydrogen-bond acceptors (Lipinski definition) is 6. The summed E-state index contributed by atoms with van der Waals surface area (Å²) in [4.78, 5) is 14.8. The van der Waals surface area contributed by atoms with E-state index >= 15 is 0 Å². The number of aromatic amines is 1. The number of carbonyl (C=O) groups excluding carboxylic acids is 1. The molecule has 4 rings (SSSR count).